The topological polar surface area (TPSA) is 20.3 Å². The van der Waals surface area contributed by atoms with Crippen LogP contribution in [0.25, 0.3) is 0 Å². The van der Waals surface area contributed by atoms with Gasteiger partial charge in [0.2, 0.25) is 0 Å². The van der Waals surface area contributed by atoms with Gasteiger partial charge < -0.3 is 4.90 Å². The van der Waals surface area contributed by atoms with Gasteiger partial charge in [-0.3, -0.25) is 4.79 Å². The molecule has 0 bridgehead atoms. The van der Waals surface area contributed by atoms with Gasteiger partial charge in [-0.15, -0.1) is 0 Å². The first kappa shape index (κ1) is 13.3. The summed E-state index contributed by atoms with van der Waals surface area (Å²) in [6.07, 6.45) is 5.88. The van der Waals surface area contributed by atoms with Crippen molar-refractivity contribution < 1.29 is 4.79 Å². The molecule has 1 aliphatic heterocycles. The molecular weight excluding hydrogens is 222 g/mol. The molecular formula is C16H23NO. The van der Waals surface area contributed by atoms with Gasteiger partial charge in [-0.1, -0.05) is 43.2 Å². The fourth-order valence-electron chi connectivity index (χ4n) is 2.68. The van der Waals surface area contributed by atoms with E-state index in [4.69, 9.17) is 0 Å². The molecule has 1 fully saturated rings. The minimum atomic E-state index is 0.270. The van der Waals surface area contributed by atoms with Crippen LogP contribution in [0.4, 0.5) is 0 Å². The van der Waals surface area contributed by atoms with Crippen LogP contribution < -0.4 is 0 Å². The quantitative estimate of drug-likeness (QED) is 0.756. The van der Waals surface area contributed by atoms with Gasteiger partial charge in [-0.05, 0) is 26.3 Å². The molecule has 0 N–H and O–H groups in total. The second-order valence-electron chi connectivity index (χ2n) is 5.27. The summed E-state index contributed by atoms with van der Waals surface area (Å²) in [7, 11) is 0. The van der Waals surface area contributed by atoms with Crippen molar-refractivity contribution in [1.82, 2.24) is 4.90 Å². The number of carbonyl (C=O) groups excluding carboxylic acids is 1. The van der Waals surface area contributed by atoms with Gasteiger partial charge in [-0.2, -0.15) is 0 Å². The van der Waals surface area contributed by atoms with E-state index in [1.807, 2.05) is 30.3 Å². The van der Waals surface area contributed by atoms with Gasteiger partial charge in [0.05, 0.1) is 0 Å². The molecule has 2 nitrogen and oxygen atoms in total. The molecule has 1 saturated heterocycles. The van der Waals surface area contributed by atoms with E-state index in [0.717, 1.165) is 18.7 Å². The van der Waals surface area contributed by atoms with Crippen molar-refractivity contribution in [1.29, 1.82) is 0 Å². The number of nitrogens with zero attached hydrogens (tertiary/aromatic N) is 1. The lowest BCUT2D eigenvalue weighted by atomic mass is 10.1. The number of rotatable bonds is 4. The molecule has 1 aromatic rings. The summed E-state index contributed by atoms with van der Waals surface area (Å²) in [6, 6.07) is 10.3. The average molecular weight is 245 g/mol. The normalized spacial score (nSPS) is 21.5. The van der Waals surface area contributed by atoms with Gasteiger partial charge in [0.25, 0.3) is 0 Å². The van der Waals surface area contributed by atoms with Gasteiger partial charge in [0.1, 0.15) is 0 Å². The Morgan fingerprint density at radius 2 is 2.00 bits per heavy atom. The molecule has 0 radical (unpaired) electrons. The lowest BCUT2D eigenvalue weighted by molar-refractivity contribution is 0.0954. The highest BCUT2D eigenvalue weighted by atomic mass is 16.1. The van der Waals surface area contributed by atoms with E-state index in [-0.39, 0.29) is 5.78 Å². The zero-order chi connectivity index (χ0) is 12.8. The van der Waals surface area contributed by atoms with Gasteiger partial charge in [-0.25, -0.2) is 0 Å². The van der Waals surface area contributed by atoms with Crippen molar-refractivity contribution in [3.63, 3.8) is 0 Å². The molecule has 1 aliphatic rings. The van der Waals surface area contributed by atoms with E-state index in [0.29, 0.717) is 12.5 Å². The largest absolute Gasteiger partial charge is 0.300 e. The third-order valence-electron chi connectivity index (χ3n) is 3.91. The number of Topliss-reactive ketones (excluding diaryl/α,β-unsaturated/α-hetero) is 1. The Hall–Kier alpha value is -1.15. The highest BCUT2D eigenvalue weighted by molar-refractivity contribution is 5.96. The number of hydrogen-bond acceptors (Lipinski definition) is 2. The van der Waals surface area contributed by atoms with E-state index in [9.17, 15) is 4.79 Å². The number of hydrogen-bond donors (Lipinski definition) is 0. The summed E-state index contributed by atoms with van der Waals surface area (Å²) in [5, 5.41) is 0. The fourth-order valence-corrected chi connectivity index (χ4v) is 2.68. The molecule has 0 spiro atoms. The molecule has 1 heterocycles. The van der Waals surface area contributed by atoms with E-state index in [2.05, 4.69) is 11.8 Å². The lowest BCUT2D eigenvalue weighted by Crippen LogP contribution is -2.34. The maximum atomic E-state index is 12.1. The van der Waals surface area contributed by atoms with Crippen molar-refractivity contribution in [2.75, 3.05) is 13.1 Å². The molecule has 98 valence electrons. The lowest BCUT2D eigenvalue weighted by Gasteiger charge is -2.26. The predicted molar refractivity (Wildman–Crippen MR) is 74.9 cm³/mol. The summed E-state index contributed by atoms with van der Waals surface area (Å²) in [5.74, 6) is 0.270. The van der Waals surface area contributed by atoms with Gasteiger partial charge >= 0.3 is 0 Å². The molecule has 18 heavy (non-hydrogen) atoms. The first-order valence-corrected chi connectivity index (χ1v) is 7.09. The van der Waals surface area contributed by atoms with Crippen LogP contribution in [-0.4, -0.2) is 29.8 Å². The van der Waals surface area contributed by atoms with Crippen LogP contribution in [0.15, 0.2) is 30.3 Å². The van der Waals surface area contributed by atoms with Gasteiger partial charge in [0, 0.05) is 24.6 Å². The van der Waals surface area contributed by atoms with Crippen LogP contribution >= 0.6 is 0 Å². The monoisotopic (exact) mass is 245 g/mol. The van der Waals surface area contributed by atoms with Crippen LogP contribution in [-0.2, 0) is 0 Å². The van der Waals surface area contributed by atoms with Crippen molar-refractivity contribution in [3.05, 3.63) is 35.9 Å². The third kappa shape index (κ3) is 3.67. The summed E-state index contributed by atoms with van der Waals surface area (Å²) >= 11 is 0. The van der Waals surface area contributed by atoms with Crippen LogP contribution in [0.2, 0.25) is 0 Å². The summed E-state index contributed by atoms with van der Waals surface area (Å²) in [4.78, 5) is 14.5. The van der Waals surface area contributed by atoms with Crippen LogP contribution in [0.5, 0.6) is 0 Å². The van der Waals surface area contributed by atoms with Gasteiger partial charge in [0.15, 0.2) is 5.78 Å². The van der Waals surface area contributed by atoms with Crippen LogP contribution in [0, 0.1) is 0 Å². The zero-order valence-corrected chi connectivity index (χ0v) is 11.3. The third-order valence-corrected chi connectivity index (χ3v) is 3.91. The second-order valence-corrected chi connectivity index (χ2v) is 5.27. The highest BCUT2D eigenvalue weighted by Crippen LogP contribution is 2.17. The number of likely N-dealkylation sites (tertiary alicyclic amines) is 1. The first-order valence-electron chi connectivity index (χ1n) is 7.09. The molecule has 0 aromatic heterocycles. The Morgan fingerprint density at radius 1 is 1.22 bits per heavy atom. The summed E-state index contributed by atoms with van der Waals surface area (Å²) in [6.45, 7) is 4.36. The zero-order valence-electron chi connectivity index (χ0n) is 11.3. The van der Waals surface area contributed by atoms with E-state index < -0.39 is 0 Å². The average Bonchev–Trinajstić information content (AvgIpc) is 2.62. The first-order chi connectivity index (χ1) is 8.77. The van der Waals surface area contributed by atoms with Crippen molar-refractivity contribution in [2.24, 2.45) is 0 Å². The molecule has 2 heteroatoms. The number of ketones is 1. The van der Waals surface area contributed by atoms with Crippen molar-refractivity contribution in [2.45, 2.75) is 45.1 Å². The number of benzene rings is 1. The van der Waals surface area contributed by atoms with E-state index in [1.54, 1.807) is 0 Å². The number of carbonyl (C=O) groups is 1. The van der Waals surface area contributed by atoms with Crippen molar-refractivity contribution in [3.8, 4) is 0 Å². The Labute approximate surface area is 110 Å². The molecule has 0 amide bonds. The molecule has 0 unspecified atom stereocenters. The van der Waals surface area contributed by atoms with Crippen LogP contribution in [0.3, 0.4) is 0 Å². The molecule has 1 aromatic carbocycles. The maximum Gasteiger partial charge on any atom is 0.164 e. The molecule has 1 atom stereocenters. The standard InChI is InChI=1S/C16H23NO/c1-14-8-4-3-7-12-17(14)13-11-16(18)15-9-5-2-6-10-15/h2,5-6,9-10,14H,3-4,7-8,11-13H2,1H3/t14-/m0/s1. The van der Waals surface area contributed by atoms with E-state index in [1.165, 1.54) is 25.7 Å². The van der Waals surface area contributed by atoms with E-state index >= 15 is 0 Å². The minimum Gasteiger partial charge on any atom is -0.300 e. The maximum absolute atomic E-state index is 12.1. The smallest absolute Gasteiger partial charge is 0.164 e. The SMILES string of the molecule is C[C@H]1CCCCCN1CCC(=O)c1ccccc1. The molecule has 2 rings (SSSR count). The molecule has 0 aliphatic carbocycles. The van der Waals surface area contributed by atoms with Crippen LogP contribution in [0.1, 0.15) is 49.4 Å². The van der Waals surface area contributed by atoms with Crippen molar-refractivity contribution >= 4 is 5.78 Å². The Morgan fingerprint density at radius 3 is 2.78 bits per heavy atom. The second kappa shape index (κ2) is 6.69. The predicted octanol–water partition coefficient (Wildman–Crippen LogP) is 3.52. The Kier molecular flexibility index (Phi) is 4.94. The Bertz CT molecular complexity index is 374. The highest BCUT2D eigenvalue weighted by Gasteiger charge is 2.17. The fraction of sp³-hybridized carbons (Fsp3) is 0.562. The minimum absolute atomic E-state index is 0.270. The summed E-state index contributed by atoms with van der Waals surface area (Å²) < 4.78 is 0. The Balaban J connectivity index is 1.85. The molecule has 0 saturated carbocycles. The summed E-state index contributed by atoms with van der Waals surface area (Å²) in [5.41, 5.74) is 0.847.